The standard InChI is InChI=1S/C20H29N3O3/c24-9-7-19(26)22-14-20(15-22)13-21(8-6-16-4-2-1-3-5-16)11-17-10-18(25)12-23(17)20/h1-5,17-18,24-25H,6-15H2/t17-,18+/m0/s1. The summed E-state index contributed by atoms with van der Waals surface area (Å²) in [5.74, 6) is 0.0378. The number of amides is 1. The molecule has 0 radical (unpaired) electrons. The van der Waals surface area contributed by atoms with Crippen molar-refractivity contribution in [2.24, 2.45) is 0 Å². The maximum absolute atomic E-state index is 12.1. The van der Waals surface area contributed by atoms with Gasteiger partial charge in [-0.1, -0.05) is 30.3 Å². The molecule has 1 aromatic carbocycles. The Kier molecular flexibility index (Phi) is 5.01. The van der Waals surface area contributed by atoms with Crippen LogP contribution in [0.5, 0.6) is 0 Å². The summed E-state index contributed by atoms with van der Waals surface area (Å²) < 4.78 is 0. The lowest BCUT2D eigenvalue weighted by molar-refractivity contribution is -0.156. The fourth-order valence-corrected chi connectivity index (χ4v) is 4.99. The second-order valence-electron chi connectivity index (χ2n) is 8.11. The van der Waals surface area contributed by atoms with E-state index in [1.807, 2.05) is 11.0 Å². The van der Waals surface area contributed by atoms with Crippen LogP contribution in [0.4, 0.5) is 0 Å². The lowest BCUT2D eigenvalue weighted by Gasteiger charge is -2.61. The van der Waals surface area contributed by atoms with Gasteiger partial charge in [0.25, 0.3) is 0 Å². The Bertz CT molecular complexity index is 632. The Morgan fingerprint density at radius 1 is 1.15 bits per heavy atom. The molecule has 3 heterocycles. The Morgan fingerprint density at radius 3 is 2.65 bits per heavy atom. The molecule has 0 unspecified atom stereocenters. The second kappa shape index (κ2) is 7.27. The van der Waals surface area contributed by atoms with Crippen molar-refractivity contribution in [2.75, 3.05) is 45.9 Å². The topological polar surface area (TPSA) is 67.2 Å². The molecule has 1 amide bonds. The first-order chi connectivity index (χ1) is 12.6. The third kappa shape index (κ3) is 3.39. The highest BCUT2D eigenvalue weighted by molar-refractivity contribution is 5.77. The van der Waals surface area contributed by atoms with Crippen LogP contribution in [-0.4, -0.2) is 94.4 Å². The maximum atomic E-state index is 12.1. The number of likely N-dealkylation sites (tertiary alicyclic amines) is 1. The SMILES string of the molecule is O=C(CCO)N1CC2(CN(CCc3ccccc3)C[C@@H]3C[C@@H](O)CN32)C1. The summed E-state index contributed by atoms with van der Waals surface area (Å²) in [6, 6.07) is 10.9. The summed E-state index contributed by atoms with van der Waals surface area (Å²) in [6.07, 6.45) is 1.81. The van der Waals surface area contributed by atoms with E-state index >= 15 is 0 Å². The van der Waals surface area contributed by atoms with Gasteiger partial charge < -0.3 is 15.1 Å². The van der Waals surface area contributed by atoms with E-state index in [0.717, 1.165) is 52.1 Å². The number of hydrogen-bond acceptors (Lipinski definition) is 5. The smallest absolute Gasteiger partial charge is 0.225 e. The van der Waals surface area contributed by atoms with Gasteiger partial charge in [-0.05, 0) is 18.4 Å². The average molecular weight is 359 g/mol. The molecular formula is C20H29N3O3. The summed E-state index contributed by atoms with van der Waals surface area (Å²) in [5, 5.41) is 19.2. The van der Waals surface area contributed by atoms with Crippen molar-refractivity contribution in [3.8, 4) is 0 Å². The summed E-state index contributed by atoms with van der Waals surface area (Å²) in [6.45, 7) is 5.03. The molecule has 2 atom stereocenters. The molecule has 0 aliphatic carbocycles. The number of rotatable bonds is 5. The Labute approximate surface area is 155 Å². The zero-order valence-corrected chi connectivity index (χ0v) is 15.3. The molecule has 142 valence electrons. The third-order valence-corrected chi connectivity index (χ3v) is 6.20. The monoisotopic (exact) mass is 359 g/mol. The third-order valence-electron chi connectivity index (χ3n) is 6.20. The first-order valence-electron chi connectivity index (χ1n) is 9.69. The minimum Gasteiger partial charge on any atom is -0.396 e. The van der Waals surface area contributed by atoms with Crippen molar-refractivity contribution >= 4 is 5.91 Å². The number of aliphatic hydroxyl groups is 2. The van der Waals surface area contributed by atoms with Gasteiger partial charge >= 0.3 is 0 Å². The number of carbonyl (C=O) groups is 1. The van der Waals surface area contributed by atoms with Gasteiger partial charge in [0.15, 0.2) is 0 Å². The van der Waals surface area contributed by atoms with Gasteiger partial charge in [0.2, 0.25) is 5.91 Å². The normalized spacial score (nSPS) is 28.2. The first-order valence-corrected chi connectivity index (χ1v) is 9.69. The van der Waals surface area contributed by atoms with Crippen LogP contribution in [0, 0.1) is 0 Å². The number of benzene rings is 1. The number of aliphatic hydroxyl groups excluding tert-OH is 2. The van der Waals surface area contributed by atoms with E-state index in [-0.39, 0.29) is 30.6 Å². The predicted molar refractivity (Wildman–Crippen MR) is 98.7 cm³/mol. The van der Waals surface area contributed by atoms with Crippen molar-refractivity contribution in [2.45, 2.75) is 36.9 Å². The quantitative estimate of drug-likeness (QED) is 0.771. The van der Waals surface area contributed by atoms with Crippen molar-refractivity contribution in [1.82, 2.24) is 14.7 Å². The molecular weight excluding hydrogens is 330 g/mol. The van der Waals surface area contributed by atoms with Crippen LogP contribution in [0.15, 0.2) is 30.3 Å². The van der Waals surface area contributed by atoms with E-state index in [9.17, 15) is 9.90 Å². The zero-order chi connectivity index (χ0) is 18.1. The first kappa shape index (κ1) is 17.9. The molecule has 0 aromatic heterocycles. The highest BCUT2D eigenvalue weighted by atomic mass is 16.3. The molecule has 6 heteroatoms. The Hall–Kier alpha value is -1.47. The van der Waals surface area contributed by atoms with Crippen LogP contribution in [0.2, 0.25) is 0 Å². The number of carbonyl (C=O) groups excluding carboxylic acids is 1. The van der Waals surface area contributed by atoms with Crippen molar-refractivity contribution in [3.63, 3.8) is 0 Å². The molecule has 1 aromatic rings. The van der Waals surface area contributed by atoms with Gasteiger partial charge in [-0.15, -0.1) is 0 Å². The number of β-amino-alcohol motifs (C(OH)–C–C–N with tert-alkyl or cyclic N) is 1. The minimum atomic E-state index is -0.256. The average Bonchev–Trinajstić information content (AvgIpc) is 2.98. The van der Waals surface area contributed by atoms with Gasteiger partial charge in [0.1, 0.15) is 0 Å². The van der Waals surface area contributed by atoms with Crippen LogP contribution >= 0.6 is 0 Å². The van der Waals surface area contributed by atoms with Gasteiger partial charge in [-0.3, -0.25) is 14.6 Å². The molecule has 3 saturated heterocycles. The van der Waals surface area contributed by atoms with Gasteiger partial charge in [0, 0.05) is 51.7 Å². The van der Waals surface area contributed by atoms with Crippen LogP contribution in [0.1, 0.15) is 18.4 Å². The second-order valence-corrected chi connectivity index (χ2v) is 8.11. The van der Waals surface area contributed by atoms with E-state index in [4.69, 9.17) is 5.11 Å². The van der Waals surface area contributed by atoms with Crippen LogP contribution in [0.3, 0.4) is 0 Å². The van der Waals surface area contributed by atoms with Gasteiger partial charge in [0.05, 0.1) is 18.2 Å². The van der Waals surface area contributed by atoms with Gasteiger partial charge in [-0.2, -0.15) is 0 Å². The van der Waals surface area contributed by atoms with Crippen LogP contribution in [0.25, 0.3) is 0 Å². The fraction of sp³-hybridized carbons (Fsp3) is 0.650. The number of fused-ring (bicyclic) bond motifs is 2. The van der Waals surface area contributed by atoms with Crippen molar-refractivity contribution in [1.29, 1.82) is 0 Å². The largest absolute Gasteiger partial charge is 0.396 e. The van der Waals surface area contributed by atoms with E-state index in [1.54, 1.807) is 0 Å². The molecule has 4 rings (SSSR count). The molecule has 0 bridgehead atoms. The number of hydrogen-bond donors (Lipinski definition) is 2. The van der Waals surface area contributed by atoms with E-state index in [1.165, 1.54) is 5.56 Å². The minimum absolute atomic E-state index is 0.0256. The summed E-state index contributed by atoms with van der Waals surface area (Å²) in [7, 11) is 0. The predicted octanol–water partition coefficient (Wildman–Crippen LogP) is -0.0567. The molecule has 3 aliphatic rings. The van der Waals surface area contributed by atoms with Crippen molar-refractivity contribution < 1.29 is 15.0 Å². The Balaban J connectivity index is 1.42. The highest BCUT2D eigenvalue weighted by Crippen LogP contribution is 2.39. The molecule has 0 saturated carbocycles. The lowest BCUT2D eigenvalue weighted by Crippen LogP contribution is -2.78. The summed E-state index contributed by atoms with van der Waals surface area (Å²) in [4.78, 5) is 18.9. The van der Waals surface area contributed by atoms with Crippen molar-refractivity contribution in [3.05, 3.63) is 35.9 Å². The lowest BCUT2D eigenvalue weighted by atomic mass is 9.83. The number of nitrogens with zero attached hydrogens (tertiary/aromatic N) is 3. The summed E-state index contributed by atoms with van der Waals surface area (Å²) in [5.41, 5.74) is 1.33. The molecule has 3 fully saturated rings. The zero-order valence-electron chi connectivity index (χ0n) is 15.3. The van der Waals surface area contributed by atoms with E-state index in [2.05, 4.69) is 34.1 Å². The van der Waals surface area contributed by atoms with Crippen LogP contribution in [-0.2, 0) is 11.2 Å². The van der Waals surface area contributed by atoms with E-state index in [0.29, 0.717) is 6.04 Å². The Morgan fingerprint density at radius 2 is 1.92 bits per heavy atom. The molecule has 3 aliphatic heterocycles. The number of piperazine rings is 1. The molecule has 6 nitrogen and oxygen atoms in total. The fourth-order valence-electron chi connectivity index (χ4n) is 4.99. The molecule has 2 N–H and O–H groups in total. The molecule has 1 spiro atoms. The molecule has 26 heavy (non-hydrogen) atoms. The van der Waals surface area contributed by atoms with E-state index < -0.39 is 0 Å². The van der Waals surface area contributed by atoms with Gasteiger partial charge in [-0.25, -0.2) is 0 Å². The highest BCUT2D eigenvalue weighted by Gasteiger charge is 2.56. The maximum Gasteiger partial charge on any atom is 0.225 e. The van der Waals surface area contributed by atoms with Crippen LogP contribution < -0.4 is 0 Å². The summed E-state index contributed by atoms with van der Waals surface area (Å²) >= 11 is 0.